The third kappa shape index (κ3) is 5.00. The van der Waals surface area contributed by atoms with Gasteiger partial charge in [0.15, 0.2) is 0 Å². The lowest BCUT2D eigenvalue weighted by atomic mass is 9.94. The molecular formula is C23H27N3O4S2. The van der Waals surface area contributed by atoms with Crippen LogP contribution in [0.3, 0.4) is 0 Å². The molecule has 4 rings (SSSR count). The van der Waals surface area contributed by atoms with E-state index >= 15 is 0 Å². The van der Waals surface area contributed by atoms with Crippen molar-refractivity contribution in [3.8, 4) is 0 Å². The molecule has 3 atom stereocenters. The first-order chi connectivity index (χ1) is 15.2. The highest BCUT2D eigenvalue weighted by Crippen LogP contribution is 2.36. The average Bonchev–Trinajstić information content (AvgIpc) is 2.74. The number of piperidine rings is 1. The highest BCUT2D eigenvalue weighted by Gasteiger charge is 2.32. The molecule has 2 aliphatic heterocycles. The van der Waals surface area contributed by atoms with Gasteiger partial charge in [0.1, 0.15) is 0 Å². The molecule has 0 aromatic heterocycles. The van der Waals surface area contributed by atoms with Crippen LogP contribution in [0.15, 0.2) is 58.3 Å². The number of carbonyl (C=O) groups is 2. The van der Waals surface area contributed by atoms with Crippen molar-refractivity contribution >= 4 is 45.0 Å². The molecule has 0 saturated carbocycles. The van der Waals surface area contributed by atoms with E-state index in [-0.39, 0.29) is 23.1 Å². The summed E-state index contributed by atoms with van der Waals surface area (Å²) in [7, 11) is -3.57. The quantitative estimate of drug-likeness (QED) is 0.689. The summed E-state index contributed by atoms with van der Waals surface area (Å²) in [6, 6.07) is 13.7. The number of fused-ring (bicyclic) bond motifs is 1. The van der Waals surface area contributed by atoms with Crippen LogP contribution in [-0.4, -0.2) is 42.9 Å². The van der Waals surface area contributed by atoms with Crippen molar-refractivity contribution in [2.75, 3.05) is 23.7 Å². The van der Waals surface area contributed by atoms with Gasteiger partial charge in [0, 0.05) is 30.1 Å². The fourth-order valence-electron chi connectivity index (χ4n) is 4.27. The van der Waals surface area contributed by atoms with Gasteiger partial charge < -0.3 is 10.6 Å². The minimum atomic E-state index is -3.57. The van der Waals surface area contributed by atoms with E-state index in [1.165, 1.54) is 23.9 Å². The minimum absolute atomic E-state index is 0.0223. The number of rotatable bonds is 5. The molecule has 2 amide bonds. The van der Waals surface area contributed by atoms with Gasteiger partial charge in [-0.2, -0.15) is 4.31 Å². The Morgan fingerprint density at radius 3 is 2.44 bits per heavy atom. The molecule has 0 spiro atoms. The van der Waals surface area contributed by atoms with Crippen molar-refractivity contribution in [1.29, 1.82) is 0 Å². The van der Waals surface area contributed by atoms with Crippen molar-refractivity contribution in [2.24, 2.45) is 11.8 Å². The molecular weight excluding hydrogens is 446 g/mol. The van der Waals surface area contributed by atoms with Gasteiger partial charge in [-0.25, -0.2) is 8.42 Å². The van der Waals surface area contributed by atoms with Gasteiger partial charge in [-0.3, -0.25) is 9.59 Å². The highest BCUT2D eigenvalue weighted by atomic mass is 32.2. The van der Waals surface area contributed by atoms with Crippen LogP contribution in [0.2, 0.25) is 0 Å². The van der Waals surface area contributed by atoms with Crippen LogP contribution in [0.4, 0.5) is 11.4 Å². The second-order valence-electron chi connectivity index (χ2n) is 8.64. The lowest BCUT2D eigenvalue weighted by molar-refractivity contribution is -0.120. The number of hydrogen-bond acceptors (Lipinski definition) is 5. The zero-order chi connectivity index (χ0) is 22.9. The average molecular weight is 474 g/mol. The molecule has 2 aromatic carbocycles. The van der Waals surface area contributed by atoms with E-state index in [0.29, 0.717) is 30.6 Å². The molecule has 1 saturated heterocycles. The first-order valence-electron chi connectivity index (χ1n) is 10.7. The molecule has 170 valence electrons. The number of thioether (sulfide) groups is 1. The van der Waals surface area contributed by atoms with Gasteiger partial charge in [-0.1, -0.05) is 26.0 Å². The van der Waals surface area contributed by atoms with E-state index in [9.17, 15) is 18.0 Å². The smallest absolute Gasteiger partial charge is 0.243 e. The van der Waals surface area contributed by atoms with Gasteiger partial charge >= 0.3 is 0 Å². The summed E-state index contributed by atoms with van der Waals surface area (Å²) in [6.07, 6.45) is 1.05. The van der Waals surface area contributed by atoms with Gasteiger partial charge in [0.2, 0.25) is 21.8 Å². The van der Waals surface area contributed by atoms with Crippen molar-refractivity contribution < 1.29 is 18.0 Å². The van der Waals surface area contributed by atoms with E-state index in [2.05, 4.69) is 24.5 Å². The standard InChI is InChI=1S/C23H27N3O4S2/c1-15-11-16(2)14-26(13-15)32(29,30)18-9-7-17(8-10-18)24-22(27)12-21-23(28)25-19-5-3-4-6-20(19)31-21/h3-10,15-16,21H,11-14H2,1-2H3,(H,24,27)(H,25,28)/t15-,16+,21-/m0/s1. The number of nitrogens with zero attached hydrogens (tertiary/aromatic N) is 1. The SMILES string of the molecule is C[C@@H]1C[C@H](C)CN(S(=O)(=O)c2ccc(NC(=O)C[C@@H]3Sc4ccccc4NC3=O)cc2)C1. The van der Waals surface area contributed by atoms with Gasteiger partial charge in [-0.05, 0) is 54.7 Å². The predicted molar refractivity (Wildman–Crippen MR) is 126 cm³/mol. The largest absolute Gasteiger partial charge is 0.326 e. The summed E-state index contributed by atoms with van der Waals surface area (Å²) in [4.78, 5) is 26.0. The number of hydrogen-bond donors (Lipinski definition) is 2. The summed E-state index contributed by atoms with van der Waals surface area (Å²) >= 11 is 1.37. The Morgan fingerprint density at radius 2 is 1.75 bits per heavy atom. The third-order valence-corrected chi connectivity index (χ3v) is 8.81. The summed E-state index contributed by atoms with van der Waals surface area (Å²) in [5, 5.41) is 5.07. The molecule has 32 heavy (non-hydrogen) atoms. The number of sulfonamides is 1. The molecule has 2 aliphatic rings. The number of nitrogens with one attached hydrogen (secondary N) is 2. The van der Waals surface area contributed by atoms with Gasteiger partial charge in [0.25, 0.3) is 0 Å². The second-order valence-corrected chi connectivity index (χ2v) is 11.8. The molecule has 0 bridgehead atoms. The van der Waals surface area contributed by atoms with Crippen molar-refractivity contribution in [3.63, 3.8) is 0 Å². The molecule has 0 aliphatic carbocycles. The number of para-hydroxylation sites is 1. The fourth-order valence-corrected chi connectivity index (χ4v) is 7.06. The lowest BCUT2D eigenvalue weighted by Gasteiger charge is -2.34. The van der Waals surface area contributed by atoms with Crippen LogP contribution in [-0.2, 0) is 19.6 Å². The minimum Gasteiger partial charge on any atom is -0.326 e. The van der Waals surface area contributed by atoms with E-state index in [4.69, 9.17) is 0 Å². The lowest BCUT2D eigenvalue weighted by Crippen LogP contribution is -2.42. The first-order valence-corrected chi connectivity index (χ1v) is 13.0. The molecule has 7 nitrogen and oxygen atoms in total. The van der Waals surface area contributed by atoms with Crippen LogP contribution >= 0.6 is 11.8 Å². The van der Waals surface area contributed by atoms with Crippen molar-refractivity contribution in [3.05, 3.63) is 48.5 Å². The first kappa shape index (κ1) is 22.8. The van der Waals surface area contributed by atoms with Crippen LogP contribution < -0.4 is 10.6 Å². The Balaban J connectivity index is 1.38. The zero-order valence-electron chi connectivity index (χ0n) is 18.1. The fraction of sp³-hybridized carbons (Fsp3) is 0.391. The Labute approximate surface area is 193 Å². The normalized spacial score (nSPS) is 23.8. The molecule has 2 aromatic rings. The van der Waals surface area contributed by atoms with Crippen LogP contribution in [0.1, 0.15) is 26.7 Å². The predicted octanol–water partition coefficient (Wildman–Crippen LogP) is 3.79. The number of benzene rings is 2. The molecule has 0 radical (unpaired) electrons. The maximum Gasteiger partial charge on any atom is 0.243 e. The van der Waals surface area contributed by atoms with E-state index in [1.807, 2.05) is 24.3 Å². The van der Waals surface area contributed by atoms with Crippen LogP contribution in [0.5, 0.6) is 0 Å². The Morgan fingerprint density at radius 1 is 1.09 bits per heavy atom. The molecule has 0 unspecified atom stereocenters. The van der Waals surface area contributed by atoms with Crippen molar-refractivity contribution in [2.45, 2.75) is 41.7 Å². The van der Waals surface area contributed by atoms with E-state index in [1.54, 1.807) is 16.4 Å². The molecule has 2 N–H and O–H groups in total. The summed E-state index contributed by atoms with van der Waals surface area (Å²) in [5.41, 5.74) is 1.25. The number of amides is 2. The van der Waals surface area contributed by atoms with E-state index in [0.717, 1.165) is 17.0 Å². The summed E-state index contributed by atoms with van der Waals surface area (Å²) < 4.78 is 27.6. The van der Waals surface area contributed by atoms with Gasteiger partial charge in [-0.15, -0.1) is 11.8 Å². The van der Waals surface area contributed by atoms with Crippen LogP contribution in [0.25, 0.3) is 0 Å². The number of carbonyl (C=O) groups excluding carboxylic acids is 2. The van der Waals surface area contributed by atoms with E-state index < -0.39 is 15.3 Å². The monoisotopic (exact) mass is 473 g/mol. The highest BCUT2D eigenvalue weighted by molar-refractivity contribution is 8.01. The second kappa shape index (κ2) is 9.25. The zero-order valence-corrected chi connectivity index (χ0v) is 19.7. The Bertz CT molecular complexity index is 1110. The van der Waals surface area contributed by atoms with Crippen LogP contribution in [0, 0.1) is 11.8 Å². The topological polar surface area (TPSA) is 95.6 Å². The maximum atomic E-state index is 13.0. The molecule has 1 fully saturated rings. The molecule has 2 heterocycles. The Hall–Kier alpha value is -2.36. The molecule has 9 heteroatoms. The Kier molecular flexibility index (Phi) is 6.60. The third-order valence-electron chi connectivity index (χ3n) is 5.69. The van der Waals surface area contributed by atoms with Crippen molar-refractivity contribution in [1.82, 2.24) is 4.31 Å². The summed E-state index contributed by atoms with van der Waals surface area (Å²) in [5.74, 6) is 0.157. The number of anilines is 2. The van der Waals surface area contributed by atoms with Gasteiger partial charge in [0.05, 0.1) is 15.8 Å². The summed E-state index contributed by atoms with van der Waals surface area (Å²) in [6.45, 7) is 5.19. The maximum absolute atomic E-state index is 13.0.